The Bertz CT molecular complexity index is 507. The van der Waals surface area contributed by atoms with Gasteiger partial charge in [-0.2, -0.15) is 0 Å². The third kappa shape index (κ3) is 5.99. The van der Waals surface area contributed by atoms with Crippen LogP contribution in [0.4, 0.5) is 0 Å². The quantitative estimate of drug-likeness (QED) is 0.607. The molecule has 0 amide bonds. The highest BCUT2D eigenvalue weighted by atomic mass is 35.5. The van der Waals surface area contributed by atoms with Crippen molar-refractivity contribution in [2.75, 3.05) is 33.2 Å². The third-order valence-corrected chi connectivity index (χ3v) is 5.20. The molecule has 1 fully saturated rings. The van der Waals surface area contributed by atoms with Crippen LogP contribution in [0.2, 0.25) is 5.02 Å². The maximum atomic E-state index is 5.95. The van der Waals surface area contributed by atoms with Crippen molar-refractivity contribution in [3.05, 3.63) is 34.9 Å². The molecule has 4 nitrogen and oxygen atoms in total. The molecule has 2 N–H and O–H groups in total. The first-order chi connectivity index (χ1) is 11.6. The zero-order valence-corrected chi connectivity index (χ0v) is 15.9. The Hall–Kier alpha value is -1.26. The van der Waals surface area contributed by atoms with Crippen LogP contribution in [0.25, 0.3) is 0 Å². The maximum absolute atomic E-state index is 5.95. The molecule has 1 aromatic rings. The predicted octanol–water partition coefficient (Wildman–Crippen LogP) is 3.69. The summed E-state index contributed by atoms with van der Waals surface area (Å²) in [4.78, 5) is 6.88. The molecule has 134 valence electrons. The van der Waals surface area contributed by atoms with Gasteiger partial charge in [0.2, 0.25) is 0 Å². The van der Waals surface area contributed by atoms with E-state index >= 15 is 0 Å². The van der Waals surface area contributed by atoms with Gasteiger partial charge in [0.05, 0.1) is 6.04 Å². The van der Waals surface area contributed by atoms with Crippen LogP contribution in [0.1, 0.15) is 44.7 Å². The van der Waals surface area contributed by atoms with Crippen LogP contribution in [0.3, 0.4) is 0 Å². The van der Waals surface area contributed by atoms with Crippen LogP contribution in [0, 0.1) is 5.92 Å². The Morgan fingerprint density at radius 1 is 1.29 bits per heavy atom. The number of nitrogens with zero attached hydrogens (tertiary/aromatic N) is 2. The second kappa shape index (κ2) is 9.90. The lowest BCUT2D eigenvalue weighted by Crippen LogP contribution is -2.40. The molecule has 0 aliphatic carbocycles. The molecule has 0 aromatic heterocycles. The van der Waals surface area contributed by atoms with E-state index in [4.69, 9.17) is 11.6 Å². The summed E-state index contributed by atoms with van der Waals surface area (Å²) in [7, 11) is 1.82. The summed E-state index contributed by atoms with van der Waals surface area (Å²) in [5.74, 6) is 1.70. The van der Waals surface area contributed by atoms with Gasteiger partial charge in [-0.1, -0.05) is 30.7 Å². The van der Waals surface area contributed by atoms with Crippen molar-refractivity contribution in [2.24, 2.45) is 10.9 Å². The molecule has 1 saturated heterocycles. The Labute approximate surface area is 151 Å². The average molecular weight is 351 g/mol. The van der Waals surface area contributed by atoms with Crippen LogP contribution in [0.5, 0.6) is 0 Å². The molecule has 0 bridgehead atoms. The van der Waals surface area contributed by atoms with Crippen molar-refractivity contribution in [3.8, 4) is 0 Å². The van der Waals surface area contributed by atoms with Gasteiger partial charge in [0.1, 0.15) is 0 Å². The van der Waals surface area contributed by atoms with E-state index < -0.39 is 0 Å². The molecule has 1 heterocycles. The van der Waals surface area contributed by atoms with Crippen molar-refractivity contribution >= 4 is 17.6 Å². The molecular weight excluding hydrogens is 320 g/mol. The van der Waals surface area contributed by atoms with Crippen LogP contribution >= 0.6 is 11.6 Å². The van der Waals surface area contributed by atoms with Crippen LogP contribution in [-0.4, -0.2) is 44.1 Å². The molecule has 1 atom stereocenters. The van der Waals surface area contributed by atoms with E-state index in [1.54, 1.807) is 0 Å². The van der Waals surface area contributed by atoms with Gasteiger partial charge in [0.25, 0.3) is 0 Å². The molecule has 0 saturated carbocycles. The zero-order chi connectivity index (χ0) is 17.4. The largest absolute Gasteiger partial charge is 0.356 e. The van der Waals surface area contributed by atoms with Crippen LogP contribution < -0.4 is 10.6 Å². The summed E-state index contributed by atoms with van der Waals surface area (Å²) >= 11 is 5.95. The molecule has 0 spiro atoms. The summed E-state index contributed by atoms with van der Waals surface area (Å²) < 4.78 is 0. The number of piperidine rings is 1. The van der Waals surface area contributed by atoms with Crippen molar-refractivity contribution in [3.63, 3.8) is 0 Å². The minimum Gasteiger partial charge on any atom is -0.356 e. The fourth-order valence-corrected chi connectivity index (χ4v) is 3.35. The van der Waals surface area contributed by atoms with E-state index in [1.807, 2.05) is 19.2 Å². The van der Waals surface area contributed by atoms with E-state index in [9.17, 15) is 0 Å². The minimum absolute atomic E-state index is 0.196. The molecule has 1 aliphatic heterocycles. The first kappa shape index (κ1) is 19.1. The minimum atomic E-state index is 0.196. The van der Waals surface area contributed by atoms with Crippen molar-refractivity contribution < 1.29 is 0 Å². The van der Waals surface area contributed by atoms with Crippen molar-refractivity contribution in [2.45, 2.75) is 39.2 Å². The van der Waals surface area contributed by atoms with Gasteiger partial charge in [-0.25, -0.2) is 0 Å². The Morgan fingerprint density at radius 3 is 2.54 bits per heavy atom. The summed E-state index contributed by atoms with van der Waals surface area (Å²) in [6.45, 7) is 9.05. The molecule has 0 radical (unpaired) electrons. The average Bonchev–Trinajstić information content (AvgIpc) is 2.61. The predicted molar refractivity (Wildman–Crippen MR) is 104 cm³/mol. The zero-order valence-electron chi connectivity index (χ0n) is 15.2. The first-order valence-corrected chi connectivity index (χ1v) is 9.45. The number of guanidine groups is 1. The van der Waals surface area contributed by atoms with E-state index in [0.717, 1.165) is 23.4 Å². The number of likely N-dealkylation sites (tertiary alicyclic amines) is 1. The van der Waals surface area contributed by atoms with Gasteiger partial charge >= 0.3 is 0 Å². The summed E-state index contributed by atoms with van der Waals surface area (Å²) in [5.41, 5.74) is 1.20. The highest BCUT2D eigenvalue weighted by Gasteiger charge is 2.17. The number of hydrogen-bond acceptors (Lipinski definition) is 2. The lowest BCUT2D eigenvalue weighted by atomic mass is 9.93. The van der Waals surface area contributed by atoms with Gasteiger partial charge in [0, 0.05) is 18.6 Å². The Balaban J connectivity index is 1.71. The fraction of sp³-hybridized carbons (Fsp3) is 0.632. The van der Waals surface area contributed by atoms with Gasteiger partial charge < -0.3 is 15.5 Å². The molecule has 2 rings (SSSR count). The molecule has 5 heteroatoms. The summed E-state index contributed by atoms with van der Waals surface area (Å²) in [6, 6.07) is 8.15. The van der Waals surface area contributed by atoms with E-state index in [1.165, 1.54) is 44.5 Å². The summed E-state index contributed by atoms with van der Waals surface area (Å²) in [6.07, 6.45) is 3.86. The standard InChI is InChI=1S/C19H31ClN4/c1-4-24-13-10-16(11-14-24)9-12-22-19(21-3)23-15(2)17-5-7-18(20)8-6-17/h5-8,15-16H,4,9-14H2,1-3H3,(H2,21,22,23). The second-order valence-corrected chi connectivity index (χ2v) is 7.02. The number of benzene rings is 1. The topological polar surface area (TPSA) is 39.7 Å². The highest BCUT2D eigenvalue weighted by Crippen LogP contribution is 2.19. The van der Waals surface area contributed by atoms with E-state index in [2.05, 4.69) is 46.5 Å². The van der Waals surface area contributed by atoms with Crippen LogP contribution in [-0.2, 0) is 0 Å². The van der Waals surface area contributed by atoms with Gasteiger partial charge in [-0.15, -0.1) is 0 Å². The van der Waals surface area contributed by atoms with E-state index in [0.29, 0.717) is 0 Å². The summed E-state index contributed by atoms with van der Waals surface area (Å²) in [5, 5.41) is 7.66. The lowest BCUT2D eigenvalue weighted by Gasteiger charge is -2.31. The lowest BCUT2D eigenvalue weighted by molar-refractivity contribution is 0.187. The number of rotatable bonds is 6. The number of hydrogen-bond donors (Lipinski definition) is 2. The molecular formula is C19H31ClN4. The maximum Gasteiger partial charge on any atom is 0.191 e. The Morgan fingerprint density at radius 2 is 1.96 bits per heavy atom. The number of nitrogens with one attached hydrogen (secondary N) is 2. The highest BCUT2D eigenvalue weighted by molar-refractivity contribution is 6.30. The molecule has 1 aliphatic rings. The van der Waals surface area contributed by atoms with Gasteiger partial charge in [0.15, 0.2) is 5.96 Å². The fourth-order valence-electron chi connectivity index (χ4n) is 3.22. The van der Waals surface area contributed by atoms with Crippen LogP contribution in [0.15, 0.2) is 29.3 Å². The normalized spacial score (nSPS) is 18.4. The van der Waals surface area contributed by atoms with Gasteiger partial charge in [-0.05, 0) is 69.4 Å². The SMILES string of the molecule is CCN1CCC(CCNC(=NC)NC(C)c2ccc(Cl)cc2)CC1. The molecule has 24 heavy (non-hydrogen) atoms. The van der Waals surface area contributed by atoms with Crippen molar-refractivity contribution in [1.29, 1.82) is 0 Å². The van der Waals surface area contributed by atoms with E-state index in [-0.39, 0.29) is 6.04 Å². The monoisotopic (exact) mass is 350 g/mol. The van der Waals surface area contributed by atoms with Gasteiger partial charge in [-0.3, -0.25) is 4.99 Å². The third-order valence-electron chi connectivity index (χ3n) is 4.95. The Kier molecular flexibility index (Phi) is 7.86. The molecule has 1 unspecified atom stereocenters. The number of halogens is 1. The second-order valence-electron chi connectivity index (χ2n) is 6.58. The molecule has 1 aromatic carbocycles. The van der Waals surface area contributed by atoms with Crippen molar-refractivity contribution in [1.82, 2.24) is 15.5 Å². The number of aliphatic imine (C=N–C) groups is 1. The first-order valence-electron chi connectivity index (χ1n) is 9.07. The smallest absolute Gasteiger partial charge is 0.191 e.